The summed E-state index contributed by atoms with van der Waals surface area (Å²) in [5.41, 5.74) is 5.40. The zero-order valence-corrected chi connectivity index (χ0v) is 12.5. The molecule has 0 aromatic carbocycles. The highest BCUT2D eigenvalue weighted by atomic mass is 32.2. The highest BCUT2D eigenvalue weighted by molar-refractivity contribution is 7.87. The third-order valence-electron chi connectivity index (χ3n) is 3.82. The predicted molar refractivity (Wildman–Crippen MR) is 74.3 cm³/mol. The summed E-state index contributed by atoms with van der Waals surface area (Å²) in [6.45, 7) is 5.35. The van der Waals surface area contributed by atoms with Crippen LogP contribution in [0.5, 0.6) is 0 Å². The zero-order valence-electron chi connectivity index (χ0n) is 11.7. The van der Waals surface area contributed by atoms with Crippen LogP contribution in [0.25, 0.3) is 0 Å². The van der Waals surface area contributed by atoms with E-state index < -0.39 is 10.2 Å². The molecule has 6 heteroatoms. The molecule has 3 unspecified atom stereocenters. The van der Waals surface area contributed by atoms with Crippen molar-refractivity contribution in [3.63, 3.8) is 0 Å². The Morgan fingerprint density at radius 2 is 2.00 bits per heavy atom. The van der Waals surface area contributed by atoms with E-state index in [0.29, 0.717) is 31.3 Å². The summed E-state index contributed by atoms with van der Waals surface area (Å²) in [7, 11) is -1.75. The molecule has 108 valence electrons. The van der Waals surface area contributed by atoms with Crippen molar-refractivity contribution in [3.05, 3.63) is 0 Å². The fourth-order valence-corrected chi connectivity index (χ4v) is 3.84. The Morgan fingerprint density at radius 3 is 2.56 bits per heavy atom. The van der Waals surface area contributed by atoms with Gasteiger partial charge in [0.25, 0.3) is 10.2 Å². The fourth-order valence-electron chi connectivity index (χ4n) is 2.56. The van der Waals surface area contributed by atoms with Gasteiger partial charge in [-0.05, 0) is 44.1 Å². The second-order valence-corrected chi connectivity index (χ2v) is 7.40. The molecule has 0 aromatic heterocycles. The molecule has 0 radical (unpaired) electrons. The first kappa shape index (κ1) is 15.9. The molecular weight excluding hydrogens is 250 g/mol. The molecule has 18 heavy (non-hydrogen) atoms. The third-order valence-corrected chi connectivity index (χ3v) is 5.42. The lowest BCUT2D eigenvalue weighted by Gasteiger charge is -2.34. The van der Waals surface area contributed by atoms with Gasteiger partial charge in [-0.25, -0.2) is 0 Å². The highest BCUT2D eigenvalue weighted by Gasteiger charge is 2.30. The third kappa shape index (κ3) is 4.50. The minimum Gasteiger partial charge on any atom is -0.330 e. The molecule has 1 saturated carbocycles. The maximum Gasteiger partial charge on any atom is 0.279 e. The van der Waals surface area contributed by atoms with Crippen LogP contribution in [0.15, 0.2) is 0 Å². The zero-order chi connectivity index (χ0) is 13.8. The van der Waals surface area contributed by atoms with E-state index in [0.717, 1.165) is 19.3 Å². The molecule has 0 bridgehead atoms. The van der Waals surface area contributed by atoms with Gasteiger partial charge in [0.05, 0.1) is 0 Å². The van der Waals surface area contributed by atoms with Crippen LogP contribution < -0.4 is 10.5 Å². The molecule has 1 aliphatic carbocycles. The maximum atomic E-state index is 12.1. The lowest BCUT2D eigenvalue weighted by atomic mass is 9.80. The van der Waals surface area contributed by atoms with Crippen molar-refractivity contribution < 1.29 is 8.42 Å². The second kappa shape index (κ2) is 6.84. The summed E-state index contributed by atoms with van der Waals surface area (Å²) < 4.78 is 28.4. The minimum atomic E-state index is -3.35. The Bertz CT molecular complexity index is 345. The fraction of sp³-hybridized carbons (Fsp3) is 1.00. The highest BCUT2D eigenvalue weighted by Crippen LogP contribution is 2.29. The Labute approximate surface area is 111 Å². The summed E-state index contributed by atoms with van der Waals surface area (Å²) in [4.78, 5) is 0. The number of nitrogens with two attached hydrogens (primary N) is 1. The van der Waals surface area contributed by atoms with Gasteiger partial charge in [0.15, 0.2) is 0 Å². The smallest absolute Gasteiger partial charge is 0.279 e. The van der Waals surface area contributed by atoms with Gasteiger partial charge in [0.1, 0.15) is 0 Å². The minimum absolute atomic E-state index is 0.0755. The maximum absolute atomic E-state index is 12.1. The van der Waals surface area contributed by atoms with Crippen molar-refractivity contribution in [2.24, 2.45) is 17.6 Å². The van der Waals surface area contributed by atoms with Gasteiger partial charge in [-0.15, -0.1) is 0 Å². The molecule has 0 saturated heterocycles. The monoisotopic (exact) mass is 277 g/mol. The Kier molecular flexibility index (Phi) is 6.04. The first-order valence-electron chi connectivity index (χ1n) is 6.80. The summed E-state index contributed by atoms with van der Waals surface area (Å²) in [5.74, 6) is 1.11. The van der Waals surface area contributed by atoms with Gasteiger partial charge >= 0.3 is 0 Å². The predicted octanol–water partition coefficient (Wildman–Crippen LogP) is 0.926. The van der Waals surface area contributed by atoms with Crippen LogP contribution in [0.4, 0.5) is 0 Å². The lowest BCUT2D eigenvalue weighted by molar-refractivity contribution is 0.246. The van der Waals surface area contributed by atoms with Crippen molar-refractivity contribution in [1.29, 1.82) is 0 Å². The molecule has 3 atom stereocenters. The standard InChI is InChI=1S/C12H27N3O2S/c1-10-5-6-12(11(2)9-10)14-18(16,17)15(3)8-4-7-13/h10-12,14H,4-9,13H2,1-3H3. The van der Waals surface area contributed by atoms with Crippen molar-refractivity contribution in [2.75, 3.05) is 20.1 Å². The average Bonchev–Trinajstić information content (AvgIpc) is 2.29. The summed E-state index contributed by atoms with van der Waals surface area (Å²) in [6.07, 6.45) is 3.82. The van der Waals surface area contributed by atoms with Crippen LogP contribution in [-0.4, -0.2) is 38.9 Å². The van der Waals surface area contributed by atoms with E-state index in [-0.39, 0.29) is 6.04 Å². The van der Waals surface area contributed by atoms with E-state index in [1.165, 1.54) is 4.31 Å². The van der Waals surface area contributed by atoms with E-state index in [4.69, 9.17) is 5.73 Å². The van der Waals surface area contributed by atoms with Gasteiger partial charge in [0, 0.05) is 19.6 Å². The first-order chi connectivity index (χ1) is 8.36. The number of hydrogen-bond acceptors (Lipinski definition) is 3. The molecule has 1 fully saturated rings. The van der Waals surface area contributed by atoms with Gasteiger partial charge < -0.3 is 5.73 Å². The SMILES string of the molecule is CC1CCC(NS(=O)(=O)N(C)CCCN)C(C)C1. The summed E-state index contributed by atoms with van der Waals surface area (Å²) in [6, 6.07) is 0.0755. The molecule has 0 spiro atoms. The average molecular weight is 277 g/mol. The van der Waals surface area contributed by atoms with Crippen molar-refractivity contribution in [1.82, 2.24) is 9.03 Å². The molecule has 3 N–H and O–H groups in total. The van der Waals surface area contributed by atoms with Gasteiger partial charge in [-0.2, -0.15) is 17.4 Å². The molecule has 1 aliphatic rings. The molecule has 0 amide bonds. The van der Waals surface area contributed by atoms with E-state index in [2.05, 4.69) is 18.6 Å². The van der Waals surface area contributed by atoms with Crippen molar-refractivity contribution in [2.45, 2.75) is 45.6 Å². The molecule has 5 nitrogen and oxygen atoms in total. The van der Waals surface area contributed by atoms with Crippen LogP contribution >= 0.6 is 0 Å². The second-order valence-electron chi connectivity index (χ2n) is 5.59. The normalized spacial score (nSPS) is 29.7. The molecule has 0 aromatic rings. The van der Waals surface area contributed by atoms with Crippen molar-refractivity contribution in [3.8, 4) is 0 Å². The van der Waals surface area contributed by atoms with Crippen LogP contribution in [0.2, 0.25) is 0 Å². The molecular formula is C12H27N3O2S. The van der Waals surface area contributed by atoms with Crippen LogP contribution in [0, 0.1) is 11.8 Å². The number of hydrogen-bond donors (Lipinski definition) is 2. The van der Waals surface area contributed by atoms with E-state index in [1.807, 2.05) is 0 Å². The molecule has 0 heterocycles. The largest absolute Gasteiger partial charge is 0.330 e. The van der Waals surface area contributed by atoms with Gasteiger partial charge in [-0.3, -0.25) is 0 Å². The number of nitrogens with zero attached hydrogens (tertiary/aromatic N) is 1. The van der Waals surface area contributed by atoms with Gasteiger partial charge in [0.2, 0.25) is 0 Å². The Morgan fingerprint density at radius 1 is 1.33 bits per heavy atom. The molecule has 1 rings (SSSR count). The Balaban J connectivity index is 2.54. The first-order valence-corrected chi connectivity index (χ1v) is 8.24. The van der Waals surface area contributed by atoms with E-state index in [9.17, 15) is 8.42 Å². The summed E-state index contributed by atoms with van der Waals surface area (Å²) >= 11 is 0. The van der Waals surface area contributed by atoms with Crippen LogP contribution in [-0.2, 0) is 10.2 Å². The topological polar surface area (TPSA) is 75.4 Å². The quantitative estimate of drug-likeness (QED) is 0.758. The molecule has 0 aliphatic heterocycles. The van der Waals surface area contributed by atoms with Crippen LogP contribution in [0.1, 0.15) is 39.5 Å². The van der Waals surface area contributed by atoms with Crippen molar-refractivity contribution >= 4 is 10.2 Å². The van der Waals surface area contributed by atoms with Crippen LogP contribution in [0.3, 0.4) is 0 Å². The summed E-state index contributed by atoms with van der Waals surface area (Å²) in [5, 5.41) is 0. The number of rotatable bonds is 6. The lowest BCUT2D eigenvalue weighted by Crippen LogP contribution is -2.48. The van der Waals surface area contributed by atoms with E-state index >= 15 is 0 Å². The van der Waals surface area contributed by atoms with Gasteiger partial charge in [-0.1, -0.05) is 13.8 Å². The van der Waals surface area contributed by atoms with E-state index in [1.54, 1.807) is 7.05 Å². The number of nitrogens with one attached hydrogen (secondary N) is 1. The Hall–Kier alpha value is -0.170.